The smallest absolute Gasteiger partial charge is 0.220 e. The Morgan fingerprint density at radius 2 is 2.23 bits per heavy atom. The zero-order valence-electron chi connectivity index (χ0n) is 8.31. The first kappa shape index (κ1) is 10.3. The number of rotatable bonds is 3. The lowest BCUT2D eigenvalue weighted by Gasteiger charge is -1.99. The maximum atomic E-state index is 11.0. The lowest BCUT2D eigenvalue weighted by molar-refractivity contribution is -0.120. The van der Waals surface area contributed by atoms with Gasteiger partial charge in [-0.25, -0.2) is 0 Å². The van der Waals surface area contributed by atoms with E-state index < -0.39 is 0 Å². The van der Waals surface area contributed by atoms with Crippen molar-refractivity contribution in [2.75, 3.05) is 0 Å². The molecule has 1 aromatic rings. The Balaban J connectivity index is 2.50. The molecule has 0 saturated carbocycles. The second kappa shape index (κ2) is 4.42. The van der Waals surface area contributed by atoms with Gasteiger partial charge in [-0.05, 0) is 25.5 Å². The van der Waals surface area contributed by atoms with Gasteiger partial charge >= 0.3 is 0 Å². The molecule has 0 atom stereocenters. The van der Waals surface area contributed by atoms with Gasteiger partial charge in [-0.1, -0.05) is 6.92 Å². The van der Waals surface area contributed by atoms with E-state index in [0.29, 0.717) is 13.0 Å². The van der Waals surface area contributed by atoms with Crippen LogP contribution in [0.4, 0.5) is 0 Å². The number of hydrogen-bond donors (Lipinski definition) is 1. The van der Waals surface area contributed by atoms with E-state index in [1.165, 1.54) is 15.3 Å². The number of aryl methyl sites for hydroxylation is 2. The summed E-state index contributed by atoms with van der Waals surface area (Å²) in [5.74, 6) is 0.115. The zero-order chi connectivity index (χ0) is 9.84. The third-order valence-corrected chi connectivity index (χ3v) is 3.15. The molecule has 2 nitrogen and oxygen atoms in total. The van der Waals surface area contributed by atoms with Crippen molar-refractivity contribution in [1.29, 1.82) is 0 Å². The van der Waals surface area contributed by atoms with Gasteiger partial charge in [0.15, 0.2) is 0 Å². The Labute approximate surface area is 83.0 Å². The number of carbonyl (C=O) groups excluding carboxylic acids is 1. The first-order valence-electron chi connectivity index (χ1n) is 4.46. The van der Waals surface area contributed by atoms with Gasteiger partial charge in [0.1, 0.15) is 0 Å². The molecular weight excluding hydrogens is 182 g/mol. The summed E-state index contributed by atoms with van der Waals surface area (Å²) < 4.78 is 0. The van der Waals surface area contributed by atoms with Crippen LogP contribution in [0, 0.1) is 13.8 Å². The molecular formula is C10H15NOS. The molecule has 0 aliphatic rings. The molecule has 1 amide bonds. The highest BCUT2D eigenvalue weighted by Crippen LogP contribution is 2.20. The van der Waals surface area contributed by atoms with E-state index in [4.69, 9.17) is 0 Å². The van der Waals surface area contributed by atoms with E-state index >= 15 is 0 Å². The monoisotopic (exact) mass is 197 g/mol. The van der Waals surface area contributed by atoms with Crippen LogP contribution in [0.5, 0.6) is 0 Å². The van der Waals surface area contributed by atoms with Crippen molar-refractivity contribution in [3.63, 3.8) is 0 Å². The Hall–Kier alpha value is -0.830. The van der Waals surface area contributed by atoms with Crippen LogP contribution in [0.3, 0.4) is 0 Å². The maximum absolute atomic E-state index is 11.0. The summed E-state index contributed by atoms with van der Waals surface area (Å²) in [6.07, 6.45) is 0.559. The molecule has 3 heteroatoms. The standard InChI is InChI=1S/C10H15NOS/c1-4-10(12)11-6-9-5-7(2)8(3)13-9/h5H,4,6H2,1-3H3,(H,11,12). The molecule has 13 heavy (non-hydrogen) atoms. The third kappa shape index (κ3) is 2.84. The number of amides is 1. The maximum Gasteiger partial charge on any atom is 0.220 e. The Bertz CT molecular complexity index is 284. The van der Waals surface area contributed by atoms with Crippen molar-refractivity contribution in [3.05, 3.63) is 21.4 Å². The van der Waals surface area contributed by atoms with E-state index in [-0.39, 0.29) is 5.91 Å². The molecule has 0 aliphatic carbocycles. The van der Waals surface area contributed by atoms with E-state index in [1.807, 2.05) is 6.92 Å². The van der Waals surface area contributed by atoms with Crippen LogP contribution in [-0.2, 0) is 11.3 Å². The molecule has 0 fully saturated rings. The number of thiophene rings is 1. The van der Waals surface area contributed by atoms with Crippen molar-refractivity contribution >= 4 is 17.2 Å². The second-order valence-corrected chi connectivity index (χ2v) is 4.42. The van der Waals surface area contributed by atoms with Gasteiger partial charge in [-0.15, -0.1) is 11.3 Å². The molecule has 0 radical (unpaired) electrons. The molecule has 0 bridgehead atoms. The summed E-state index contributed by atoms with van der Waals surface area (Å²) in [5.41, 5.74) is 1.31. The molecule has 0 unspecified atom stereocenters. The minimum absolute atomic E-state index is 0.115. The Morgan fingerprint density at radius 3 is 2.69 bits per heavy atom. The van der Waals surface area contributed by atoms with Crippen LogP contribution in [0.1, 0.15) is 28.7 Å². The quantitative estimate of drug-likeness (QED) is 0.792. The van der Waals surface area contributed by atoms with E-state index in [1.54, 1.807) is 11.3 Å². The molecule has 0 aliphatic heterocycles. The summed E-state index contributed by atoms with van der Waals surface area (Å²) in [7, 11) is 0. The van der Waals surface area contributed by atoms with Crippen molar-refractivity contribution in [2.24, 2.45) is 0 Å². The Morgan fingerprint density at radius 1 is 1.54 bits per heavy atom. The molecule has 0 aromatic carbocycles. The number of hydrogen-bond acceptors (Lipinski definition) is 2. The highest BCUT2D eigenvalue weighted by atomic mass is 32.1. The molecule has 72 valence electrons. The van der Waals surface area contributed by atoms with Crippen molar-refractivity contribution in [3.8, 4) is 0 Å². The molecule has 1 rings (SSSR count). The minimum Gasteiger partial charge on any atom is -0.351 e. The average molecular weight is 197 g/mol. The summed E-state index contributed by atoms with van der Waals surface area (Å²) in [4.78, 5) is 13.5. The van der Waals surface area contributed by atoms with Crippen molar-refractivity contribution in [2.45, 2.75) is 33.7 Å². The lowest BCUT2D eigenvalue weighted by Crippen LogP contribution is -2.20. The molecule has 1 aromatic heterocycles. The van der Waals surface area contributed by atoms with Gasteiger partial charge in [0.25, 0.3) is 0 Å². The largest absolute Gasteiger partial charge is 0.351 e. The van der Waals surface area contributed by atoms with Crippen molar-refractivity contribution < 1.29 is 4.79 Å². The van der Waals surface area contributed by atoms with Crippen LogP contribution >= 0.6 is 11.3 Å². The molecule has 0 spiro atoms. The fourth-order valence-electron chi connectivity index (χ4n) is 1.05. The number of carbonyl (C=O) groups is 1. The summed E-state index contributed by atoms with van der Waals surface area (Å²) in [5, 5.41) is 2.86. The molecule has 0 saturated heterocycles. The average Bonchev–Trinajstić information content (AvgIpc) is 2.42. The first-order chi connectivity index (χ1) is 6.13. The summed E-state index contributed by atoms with van der Waals surface area (Å²) >= 11 is 1.75. The highest BCUT2D eigenvalue weighted by Gasteiger charge is 2.02. The fourth-order valence-corrected chi connectivity index (χ4v) is 2.04. The zero-order valence-corrected chi connectivity index (χ0v) is 9.12. The van der Waals surface area contributed by atoms with E-state index in [9.17, 15) is 4.79 Å². The topological polar surface area (TPSA) is 29.1 Å². The summed E-state index contributed by atoms with van der Waals surface area (Å²) in [6.45, 7) is 6.73. The van der Waals surface area contributed by atoms with Gasteiger partial charge < -0.3 is 5.32 Å². The van der Waals surface area contributed by atoms with E-state index in [0.717, 1.165) is 0 Å². The number of nitrogens with one attached hydrogen (secondary N) is 1. The first-order valence-corrected chi connectivity index (χ1v) is 5.27. The molecule has 1 heterocycles. The van der Waals surface area contributed by atoms with Crippen LogP contribution in [0.2, 0.25) is 0 Å². The predicted molar refractivity (Wildman–Crippen MR) is 55.9 cm³/mol. The highest BCUT2D eigenvalue weighted by molar-refractivity contribution is 7.12. The van der Waals surface area contributed by atoms with Crippen LogP contribution in [0.15, 0.2) is 6.07 Å². The van der Waals surface area contributed by atoms with Gasteiger partial charge in [-0.3, -0.25) is 4.79 Å². The fraction of sp³-hybridized carbons (Fsp3) is 0.500. The Kier molecular flexibility index (Phi) is 3.48. The lowest BCUT2D eigenvalue weighted by atomic mass is 10.3. The third-order valence-electron chi connectivity index (χ3n) is 2.00. The van der Waals surface area contributed by atoms with E-state index in [2.05, 4.69) is 25.2 Å². The molecule has 1 N–H and O–H groups in total. The van der Waals surface area contributed by atoms with Gasteiger partial charge in [0.2, 0.25) is 5.91 Å². The van der Waals surface area contributed by atoms with Gasteiger partial charge in [-0.2, -0.15) is 0 Å². The summed E-state index contributed by atoms with van der Waals surface area (Å²) in [6, 6.07) is 2.13. The van der Waals surface area contributed by atoms with Crippen LogP contribution < -0.4 is 5.32 Å². The second-order valence-electron chi connectivity index (χ2n) is 3.08. The van der Waals surface area contributed by atoms with Gasteiger partial charge in [0.05, 0.1) is 6.54 Å². The SMILES string of the molecule is CCC(=O)NCc1cc(C)c(C)s1. The van der Waals surface area contributed by atoms with Crippen LogP contribution in [-0.4, -0.2) is 5.91 Å². The normalized spacial score (nSPS) is 10.1. The predicted octanol–water partition coefficient (Wildman–Crippen LogP) is 2.39. The van der Waals surface area contributed by atoms with Crippen LogP contribution in [0.25, 0.3) is 0 Å². The van der Waals surface area contributed by atoms with Crippen molar-refractivity contribution in [1.82, 2.24) is 5.32 Å². The van der Waals surface area contributed by atoms with Gasteiger partial charge in [0, 0.05) is 16.2 Å². The minimum atomic E-state index is 0.115.